The third-order valence-corrected chi connectivity index (χ3v) is 2.71. The number of rotatable bonds is 4. The second kappa shape index (κ2) is 8.75. The maximum absolute atomic E-state index is 11.5. The molecule has 0 aromatic rings. The molecule has 1 aliphatic rings. The van der Waals surface area contributed by atoms with Crippen LogP contribution in [-0.2, 0) is 9.53 Å². The van der Waals surface area contributed by atoms with Gasteiger partial charge in [0.05, 0.1) is 5.92 Å². The molecule has 0 aromatic heterocycles. The summed E-state index contributed by atoms with van der Waals surface area (Å²) in [7, 11) is 0. The Morgan fingerprint density at radius 3 is 2.33 bits per heavy atom. The molecule has 2 nitrogen and oxygen atoms in total. The highest BCUT2D eigenvalue weighted by Gasteiger charge is 2.21. The van der Waals surface area contributed by atoms with E-state index in [1.54, 1.807) is 0 Å². The van der Waals surface area contributed by atoms with Crippen LogP contribution >= 0.6 is 0 Å². The van der Waals surface area contributed by atoms with Crippen LogP contribution in [0.2, 0.25) is 0 Å². The summed E-state index contributed by atoms with van der Waals surface area (Å²) in [6.45, 7) is 8.06. The van der Waals surface area contributed by atoms with E-state index in [0.717, 1.165) is 25.7 Å². The molecule has 1 atom stereocenters. The van der Waals surface area contributed by atoms with Gasteiger partial charge in [0, 0.05) is 0 Å². The molecular weight excluding hydrogens is 188 g/mol. The monoisotopic (exact) mass is 214 g/mol. The van der Waals surface area contributed by atoms with E-state index in [1.807, 2.05) is 20.8 Å². The molecule has 15 heavy (non-hydrogen) atoms. The standard InChI is InChI=1S/C11H20O2.C2H6/c1-3-6-9(2)11(12)13-10-7-4-5-8-10;1-2/h9-10H,3-8H2,1-2H3;1-2H3/t9-;/m0./s1. The van der Waals surface area contributed by atoms with E-state index in [0.29, 0.717) is 0 Å². The molecule has 1 saturated carbocycles. The maximum atomic E-state index is 11.5. The van der Waals surface area contributed by atoms with Crippen LogP contribution in [-0.4, -0.2) is 12.1 Å². The van der Waals surface area contributed by atoms with Crippen molar-refractivity contribution in [3.8, 4) is 0 Å². The second-order valence-corrected chi connectivity index (χ2v) is 4.03. The number of ether oxygens (including phenoxy) is 1. The normalized spacial score (nSPS) is 17.9. The molecule has 0 saturated heterocycles. The minimum absolute atomic E-state index is 0.00810. The fourth-order valence-corrected chi connectivity index (χ4v) is 1.84. The van der Waals surface area contributed by atoms with Crippen LogP contribution in [0.1, 0.15) is 66.2 Å². The van der Waals surface area contributed by atoms with E-state index in [9.17, 15) is 4.79 Å². The van der Waals surface area contributed by atoms with Crippen molar-refractivity contribution < 1.29 is 9.53 Å². The quantitative estimate of drug-likeness (QED) is 0.663. The van der Waals surface area contributed by atoms with Gasteiger partial charge >= 0.3 is 5.97 Å². The Hall–Kier alpha value is -0.530. The first-order valence-corrected chi connectivity index (χ1v) is 6.44. The van der Waals surface area contributed by atoms with Crippen molar-refractivity contribution in [3.63, 3.8) is 0 Å². The lowest BCUT2D eigenvalue weighted by atomic mass is 10.1. The lowest BCUT2D eigenvalue weighted by Gasteiger charge is -2.15. The van der Waals surface area contributed by atoms with Gasteiger partial charge in [0.2, 0.25) is 0 Å². The molecule has 0 unspecified atom stereocenters. The van der Waals surface area contributed by atoms with Crippen LogP contribution in [0.5, 0.6) is 0 Å². The Morgan fingerprint density at radius 1 is 1.33 bits per heavy atom. The smallest absolute Gasteiger partial charge is 0.308 e. The van der Waals surface area contributed by atoms with E-state index < -0.39 is 0 Å². The molecule has 0 aliphatic heterocycles. The fourth-order valence-electron chi connectivity index (χ4n) is 1.84. The summed E-state index contributed by atoms with van der Waals surface area (Å²) in [5.74, 6) is 0.0966. The minimum Gasteiger partial charge on any atom is -0.462 e. The Balaban J connectivity index is 0.000000921. The van der Waals surface area contributed by atoms with Gasteiger partial charge in [-0.05, 0) is 32.1 Å². The zero-order valence-corrected chi connectivity index (χ0v) is 10.7. The van der Waals surface area contributed by atoms with Crippen molar-refractivity contribution in [1.29, 1.82) is 0 Å². The summed E-state index contributed by atoms with van der Waals surface area (Å²) in [4.78, 5) is 11.5. The van der Waals surface area contributed by atoms with Crippen LogP contribution in [0, 0.1) is 5.92 Å². The van der Waals surface area contributed by atoms with Crippen LogP contribution in [0.15, 0.2) is 0 Å². The summed E-state index contributed by atoms with van der Waals surface area (Å²) >= 11 is 0. The molecule has 2 heteroatoms. The van der Waals surface area contributed by atoms with Gasteiger partial charge in [-0.15, -0.1) is 0 Å². The predicted octanol–water partition coefficient (Wildman–Crippen LogP) is 3.93. The molecule has 1 fully saturated rings. The summed E-state index contributed by atoms with van der Waals surface area (Å²) in [6.07, 6.45) is 6.83. The Labute approximate surface area is 94.4 Å². The van der Waals surface area contributed by atoms with Crippen LogP contribution < -0.4 is 0 Å². The number of carbonyl (C=O) groups excluding carboxylic acids is 1. The van der Waals surface area contributed by atoms with Crippen molar-refractivity contribution in [2.45, 2.75) is 72.3 Å². The third kappa shape index (κ3) is 5.81. The molecule has 0 heterocycles. The molecule has 0 bridgehead atoms. The number of carbonyl (C=O) groups is 1. The zero-order valence-electron chi connectivity index (χ0n) is 10.7. The molecule has 0 amide bonds. The SMILES string of the molecule is CC.CCC[C@H](C)C(=O)OC1CCCC1. The number of esters is 1. The average molecular weight is 214 g/mol. The van der Waals surface area contributed by atoms with Gasteiger partial charge in [-0.2, -0.15) is 0 Å². The molecule has 0 radical (unpaired) electrons. The summed E-state index contributed by atoms with van der Waals surface area (Å²) < 4.78 is 5.39. The summed E-state index contributed by atoms with van der Waals surface area (Å²) in [5, 5.41) is 0. The average Bonchev–Trinajstić information content (AvgIpc) is 2.74. The molecule has 90 valence electrons. The molecule has 0 spiro atoms. The number of hydrogen-bond acceptors (Lipinski definition) is 2. The van der Waals surface area contributed by atoms with Crippen molar-refractivity contribution in [2.75, 3.05) is 0 Å². The van der Waals surface area contributed by atoms with E-state index in [2.05, 4.69) is 6.92 Å². The lowest BCUT2D eigenvalue weighted by molar-refractivity contribution is -0.153. The van der Waals surface area contributed by atoms with Gasteiger partial charge in [0.15, 0.2) is 0 Å². The third-order valence-electron chi connectivity index (χ3n) is 2.71. The predicted molar refractivity (Wildman–Crippen MR) is 63.8 cm³/mol. The van der Waals surface area contributed by atoms with Gasteiger partial charge in [-0.1, -0.05) is 34.1 Å². The maximum Gasteiger partial charge on any atom is 0.308 e. The zero-order chi connectivity index (χ0) is 11.7. The second-order valence-electron chi connectivity index (χ2n) is 4.03. The van der Waals surface area contributed by atoms with E-state index in [4.69, 9.17) is 4.74 Å². The Morgan fingerprint density at radius 2 is 1.87 bits per heavy atom. The lowest BCUT2D eigenvalue weighted by Crippen LogP contribution is -2.20. The molecule has 1 rings (SSSR count). The van der Waals surface area contributed by atoms with Gasteiger partial charge in [0.1, 0.15) is 6.10 Å². The highest BCUT2D eigenvalue weighted by Crippen LogP contribution is 2.22. The molecular formula is C13H26O2. The highest BCUT2D eigenvalue weighted by atomic mass is 16.5. The minimum atomic E-state index is 0.00810. The first-order valence-electron chi connectivity index (χ1n) is 6.44. The van der Waals surface area contributed by atoms with Crippen molar-refractivity contribution in [3.05, 3.63) is 0 Å². The van der Waals surface area contributed by atoms with E-state index >= 15 is 0 Å². The van der Waals surface area contributed by atoms with E-state index in [1.165, 1.54) is 12.8 Å². The fraction of sp³-hybridized carbons (Fsp3) is 0.923. The largest absolute Gasteiger partial charge is 0.462 e. The first kappa shape index (κ1) is 14.5. The van der Waals surface area contributed by atoms with Crippen molar-refractivity contribution >= 4 is 5.97 Å². The van der Waals surface area contributed by atoms with Crippen LogP contribution in [0.4, 0.5) is 0 Å². The molecule has 0 N–H and O–H groups in total. The Kier molecular flexibility index (Phi) is 8.44. The van der Waals surface area contributed by atoms with Gasteiger partial charge in [-0.25, -0.2) is 0 Å². The number of hydrogen-bond donors (Lipinski definition) is 0. The molecule has 0 aromatic carbocycles. The van der Waals surface area contributed by atoms with Gasteiger partial charge in [0.25, 0.3) is 0 Å². The topological polar surface area (TPSA) is 26.3 Å². The summed E-state index contributed by atoms with van der Waals surface area (Å²) in [6, 6.07) is 0. The van der Waals surface area contributed by atoms with E-state index in [-0.39, 0.29) is 18.0 Å². The van der Waals surface area contributed by atoms with Gasteiger partial charge < -0.3 is 4.74 Å². The highest BCUT2D eigenvalue weighted by molar-refractivity contribution is 5.72. The van der Waals surface area contributed by atoms with Crippen molar-refractivity contribution in [2.24, 2.45) is 5.92 Å². The molecule has 1 aliphatic carbocycles. The van der Waals surface area contributed by atoms with Crippen molar-refractivity contribution in [1.82, 2.24) is 0 Å². The van der Waals surface area contributed by atoms with Crippen LogP contribution in [0.25, 0.3) is 0 Å². The Bertz CT molecular complexity index is 160. The van der Waals surface area contributed by atoms with Gasteiger partial charge in [-0.3, -0.25) is 4.79 Å². The first-order chi connectivity index (χ1) is 7.24. The summed E-state index contributed by atoms with van der Waals surface area (Å²) in [5.41, 5.74) is 0. The van der Waals surface area contributed by atoms with Crippen LogP contribution in [0.3, 0.4) is 0 Å².